The number of carboxylic acid groups (broad SMARTS) is 2. The number of nitrogens with two attached hydrogens (primary N) is 3. The average molecular weight is 927 g/mol. The number of nitrogens with one attached hydrogen (secondary N) is 6. The smallest absolute Gasteiger partial charge is 0.326 e. The van der Waals surface area contributed by atoms with Gasteiger partial charge in [-0.1, -0.05) is 58.4 Å². The first-order chi connectivity index (χ1) is 31.0. The van der Waals surface area contributed by atoms with Crippen LogP contribution in [0, 0.1) is 11.8 Å². The fourth-order valence-corrected chi connectivity index (χ4v) is 6.50. The number of aromatic hydroxyl groups is 2. The molecule has 1 unspecified atom stereocenters. The molecule has 0 saturated heterocycles. The minimum Gasteiger partial charge on any atom is -0.508 e. The Morgan fingerprint density at radius 3 is 1.62 bits per heavy atom. The highest BCUT2D eigenvalue weighted by atomic mass is 16.4. The SMILES string of the molecule is CCC(C)[C@H](NC(=O)[C@H](CCC(=O)O)NC(=O)[C@H](Cc1ccc(O)cc1)NC(=O)[C@H](CC(C)C)NC(=O)[C@@H](N)Cc1ccc(O)cc1)C(=O)N[C@@H](C)C(=O)N[C@@H](CCCN=C(N)N)C(=O)O. The monoisotopic (exact) mass is 926 g/mol. The summed E-state index contributed by atoms with van der Waals surface area (Å²) in [7, 11) is 0. The average Bonchev–Trinajstić information content (AvgIpc) is 3.25. The van der Waals surface area contributed by atoms with Crippen LogP contribution in [0.1, 0.15) is 84.3 Å². The van der Waals surface area contributed by atoms with Gasteiger partial charge in [-0.25, -0.2) is 4.79 Å². The summed E-state index contributed by atoms with van der Waals surface area (Å²) < 4.78 is 0. The first-order valence-corrected chi connectivity index (χ1v) is 21.6. The van der Waals surface area contributed by atoms with Crippen LogP contribution >= 0.6 is 0 Å². The van der Waals surface area contributed by atoms with Crippen molar-refractivity contribution in [3.63, 3.8) is 0 Å². The van der Waals surface area contributed by atoms with E-state index in [-0.39, 0.29) is 62.0 Å². The lowest BCUT2D eigenvalue weighted by molar-refractivity contribution is -0.142. The number of hydrogen-bond donors (Lipinski definition) is 13. The number of hydrogen-bond acceptors (Lipinski definition) is 12. The number of carbonyl (C=O) groups excluding carboxylic acids is 6. The van der Waals surface area contributed by atoms with E-state index in [4.69, 9.17) is 17.2 Å². The number of aliphatic imine (C=N–C) groups is 1. The van der Waals surface area contributed by atoms with Gasteiger partial charge in [0.1, 0.15) is 47.8 Å². The van der Waals surface area contributed by atoms with Crippen LogP contribution in [0.4, 0.5) is 0 Å². The molecule has 2 aromatic carbocycles. The Bertz CT molecular complexity index is 1990. The lowest BCUT2D eigenvalue weighted by atomic mass is 9.97. The summed E-state index contributed by atoms with van der Waals surface area (Å²) in [6, 6.07) is 2.56. The number of phenolic OH excluding ortho intramolecular Hbond substituents is 2. The second-order valence-corrected chi connectivity index (χ2v) is 16.5. The van der Waals surface area contributed by atoms with Crippen LogP contribution in [-0.4, -0.2) is 123 Å². The molecule has 0 aromatic heterocycles. The topological polar surface area (TPSA) is 380 Å². The van der Waals surface area contributed by atoms with Crippen molar-refractivity contribution in [1.82, 2.24) is 31.9 Å². The maximum atomic E-state index is 14.2. The molecule has 66 heavy (non-hydrogen) atoms. The zero-order valence-corrected chi connectivity index (χ0v) is 37.9. The van der Waals surface area contributed by atoms with Crippen LogP contribution in [0.25, 0.3) is 0 Å². The van der Waals surface area contributed by atoms with E-state index >= 15 is 0 Å². The van der Waals surface area contributed by atoms with Gasteiger partial charge in [0.15, 0.2) is 5.96 Å². The van der Waals surface area contributed by atoms with Gasteiger partial charge in [-0.15, -0.1) is 0 Å². The largest absolute Gasteiger partial charge is 0.508 e. The van der Waals surface area contributed by atoms with E-state index in [2.05, 4.69) is 36.9 Å². The van der Waals surface area contributed by atoms with Crippen molar-refractivity contribution in [1.29, 1.82) is 0 Å². The third kappa shape index (κ3) is 19.8. The Morgan fingerprint density at radius 1 is 0.606 bits per heavy atom. The highest BCUT2D eigenvalue weighted by Crippen LogP contribution is 2.15. The van der Waals surface area contributed by atoms with Gasteiger partial charge < -0.3 is 69.5 Å². The van der Waals surface area contributed by atoms with Crippen molar-refractivity contribution in [3.05, 3.63) is 59.7 Å². The van der Waals surface area contributed by atoms with Gasteiger partial charge in [-0.3, -0.25) is 38.6 Å². The normalized spacial score (nSPS) is 14.7. The molecule has 0 radical (unpaired) electrons. The Hall–Kier alpha value is -6.97. The molecule has 0 fully saturated rings. The highest BCUT2D eigenvalue weighted by Gasteiger charge is 2.35. The molecule has 0 aliphatic rings. The summed E-state index contributed by atoms with van der Waals surface area (Å²) in [6.07, 6.45) is -0.515. The molecule has 0 bridgehead atoms. The van der Waals surface area contributed by atoms with E-state index < -0.39 is 108 Å². The first kappa shape index (κ1) is 55.2. The molecule has 16 N–H and O–H groups in total. The van der Waals surface area contributed by atoms with E-state index in [0.29, 0.717) is 17.5 Å². The fourth-order valence-electron chi connectivity index (χ4n) is 6.50. The third-order valence-electron chi connectivity index (χ3n) is 10.5. The summed E-state index contributed by atoms with van der Waals surface area (Å²) in [5.41, 5.74) is 17.9. The Kier molecular flexibility index (Phi) is 22.9. The van der Waals surface area contributed by atoms with Crippen molar-refractivity contribution in [2.45, 2.75) is 128 Å². The van der Waals surface area contributed by atoms with Gasteiger partial charge in [0.2, 0.25) is 35.4 Å². The van der Waals surface area contributed by atoms with Gasteiger partial charge in [0.25, 0.3) is 0 Å². The minimum absolute atomic E-state index is 0.0280. The molecule has 0 heterocycles. The molecule has 22 heteroatoms. The second kappa shape index (κ2) is 27.4. The molecule has 22 nitrogen and oxygen atoms in total. The number of aliphatic carboxylic acids is 2. The maximum Gasteiger partial charge on any atom is 0.326 e. The van der Waals surface area contributed by atoms with E-state index in [1.807, 2.05) is 13.8 Å². The highest BCUT2D eigenvalue weighted by molar-refractivity contribution is 5.97. The number of phenols is 2. The standard InChI is InChI=1S/C44H66N10O12/c1-6-24(4)36(42(64)49-25(5)37(59)51-32(43(65)66)8-7-19-48-44(46)47)54-39(61)31(17-18-35(57)58)50-41(63)34(22-27-11-15-29(56)16-12-27)53-40(62)33(20-23(2)3)52-38(60)30(45)21-26-9-13-28(55)14-10-26/h9-16,23-25,30-34,36,55-56H,6-8,17-22,45H2,1-5H3,(H,49,64)(H,50,63)(H,51,59)(H,52,60)(H,53,62)(H,54,61)(H,57,58)(H,65,66)(H4,46,47,48)/t24?,25-,30-,31-,32-,33-,34-,36-/m0/s1. The minimum atomic E-state index is -1.58. The van der Waals surface area contributed by atoms with Gasteiger partial charge in [-0.2, -0.15) is 0 Å². The molecular formula is C44H66N10O12. The van der Waals surface area contributed by atoms with Crippen molar-refractivity contribution in [2.75, 3.05) is 6.54 Å². The molecule has 364 valence electrons. The maximum absolute atomic E-state index is 14.2. The molecule has 0 aliphatic heterocycles. The van der Waals surface area contributed by atoms with Gasteiger partial charge in [0.05, 0.1) is 6.04 Å². The molecular weight excluding hydrogens is 861 g/mol. The van der Waals surface area contributed by atoms with E-state index in [9.17, 15) is 58.8 Å². The van der Waals surface area contributed by atoms with Crippen molar-refractivity contribution in [3.8, 4) is 11.5 Å². The number of carboxylic acids is 2. The van der Waals surface area contributed by atoms with Gasteiger partial charge >= 0.3 is 11.9 Å². The van der Waals surface area contributed by atoms with Crippen LogP contribution in [0.2, 0.25) is 0 Å². The van der Waals surface area contributed by atoms with Crippen LogP contribution < -0.4 is 49.1 Å². The molecule has 2 rings (SSSR count). The summed E-state index contributed by atoms with van der Waals surface area (Å²) in [5.74, 6) is -8.58. The number of guanidine groups is 1. The van der Waals surface area contributed by atoms with Gasteiger partial charge in [0, 0.05) is 19.4 Å². The Morgan fingerprint density at radius 2 is 1.11 bits per heavy atom. The zero-order valence-electron chi connectivity index (χ0n) is 37.9. The molecule has 0 spiro atoms. The number of benzene rings is 2. The van der Waals surface area contributed by atoms with Crippen LogP contribution in [0.5, 0.6) is 11.5 Å². The molecule has 0 aliphatic carbocycles. The number of carbonyl (C=O) groups is 8. The predicted octanol–water partition coefficient (Wildman–Crippen LogP) is -0.766. The molecule has 8 atom stereocenters. The number of nitrogens with zero attached hydrogens (tertiary/aromatic N) is 1. The number of amides is 6. The second-order valence-electron chi connectivity index (χ2n) is 16.5. The zero-order chi connectivity index (χ0) is 49.7. The van der Waals surface area contributed by atoms with E-state index in [1.165, 1.54) is 43.3 Å². The summed E-state index contributed by atoms with van der Waals surface area (Å²) >= 11 is 0. The first-order valence-electron chi connectivity index (χ1n) is 21.6. The lowest BCUT2D eigenvalue weighted by Crippen LogP contribution is -2.60. The van der Waals surface area contributed by atoms with Crippen molar-refractivity contribution >= 4 is 53.3 Å². The molecule has 6 amide bonds. The van der Waals surface area contributed by atoms with Gasteiger partial charge in [-0.05, 0) is 86.3 Å². The molecule has 0 saturated carbocycles. The van der Waals surface area contributed by atoms with Crippen molar-refractivity contribution < 1.29 is 58.8 Å². The van der Waals surface area contributed by atoms with Crippen LogP contribution in [0.15, 0.2) is 53.5 Å². The predicted molar refractivity (Wildman–Crippen MR) is 242 cm³/mol. The third-order valence-corrected chi connectivity index (χ3v) is 10.5. The summed E-state index contributed by atoms with van der Waals surface area (Å²) in [4.78, 5) is 109. The van der Waals surface area contributed by atoms with Crippen LogP contribution in [0.3, 0.4) is 0 Å². The summed E-state index contributed by atoms with van der Waals surface area (Å²) in [6.45, 7) is 8.41. The van der Waals surface area contributed by atoms with E-state index in [0.717, 1.165) is 0 Å². The Labute approximate surface area is 383 Å². The lowest BCUT2D eigenvalue weighted by Gasteiger charge is -2.29. The van der Waals surface area contributed by atoms with E-state index in [1.54, 1.807) is 26.0 Å². The number of rotatable bonds is 28. The van der Waals surface area contributed by atoms with Crippen LogP contribution in [-0.2, 0) is 51.2 Å². The fraction of sp³-hybridized carbons (Fsp3) is 0.523. The Balaban J connectivity index is 2.35. The quantitative estimate of drug-likeness (QED) is 0.0283. The summed E-state index contributed by atoms with van der Waals surface area (Å²) in [5, 5.41) is 53.9. The van der Waals surface area contributed by atoms with Crippen molar-refractivity contribution in [2.24, 2.45) is 34.0 Å². The molecule has 2 aromatic rings.